The molecule has 0 saturated heterocycles. The maximum absolute atomic E-state index is 3.80. The van der Waals surface area contributed by atoms with Crippen LogP contribution in [0.3, 0.4) is 0 Å². The Balaban J connectivity index is 1.51. The average Bonchev–Trinajstić information content (AvgIpc) is 2.97. The van der Waals surface area contributed by atoms with Crippen molar-refractivity contribution in [2.24, 2.45) is 5.92 Å². The summed E-state index contributed by atoms with van der Waals surface area (Å²) in [6.45, 7) is 3.45. The van der Waals surface area contributed by atoms with Gasteiger partial charge in [-0.1, -0.05) is 26.2 Å². The highest BCUT2D eigenvalue weighted by Crippen LogP contribution is 2.31. The van der Waals surface area contributed by atoms with E-state index in [4.69, 9.17) is 0 Å². The lowest BCUT2D eigenvalue weighted by molar-refractivity contribution is 0.279. The van der Waals surface area contributed by atoms with Crippen LogP contribution in [0.1, 0.15) is 60.8 Å². The molecule has 2 unspecified atom stereocenters. The molecule has 0 amide bonds. The van der Waals surface area contributed by atoms with Crippen molar-refractivity contribution in [2.45, 2.75) is 70.9 Å². The molecule has 2 heteroatoms. The van der Waals surface area contributed by atoms with Crippen LogP contribution in [-0.4, -0.2) is 6.04 Å². The first kappa shape index (κ1) is 12.7. The molecule has 1 nitrogen and oxygen atoms in total. The van der Waals surface area contributed by atoms with Gasteiger partial charge in [0.1, 0.15) is 0 Å². The first-order chi connectivity index (χ1) is 8.85. The Morgan fingerprint density at radius 2 is 2.22 bits per heavy atom. The number of aryl methyl sites for hydroxylation is 2. The smallest absolute Gasteiger partial charge is 0.0302 e. The van der Waals surface area contributed by atoms with Crippen LogP contribution in [0.25, 0.3) is 0 Å². The van der Waals surface area contributed by atoms with Crippen molar-refractivity contribution >= 4 is 11.3 Å². The predicted molar refractivity (Wildman–Crippen MR) is 79.2 cm³/mol. The minimum absolute atomic E-state index is 0.778. The molecule has 0 aliphatic heterocycles. The zero-order valence-electron chi connectivity index (χ0n) is 11.5. The molecule has 0 spiro atoms. The maximum atomic E-state index is 3.80. The molecule has 0 bridgehead atoms. The summed E-state index contributed by atoms with van der Waals surface area (Å²) in [5, 5.41) is 3.80. The first-order valence-corrected chi connectivity index (χ1v) is 8.50. The third-order valence-electron chi connectivity index (χ3n) is 4.72. The second kappa shape index (κ2) is 5.75. The fraction of sp³-hybridized carbons (Fsp3) is 0.750. The molecule has 18 heavy (non-hydrogen) atoms. The Kier molecular flexibility index (Phi) is 4.05. The van der Waals surface area contributed by atoms with Gasteiger partial charge < -0.3 is 5.32 Å². The summed E-state index contributed by atoms with van der Waals surface area (Å²) in [4.78, 5) is 3.24. The van der Waals surface area contributed by atoms with Gasteiger partial charge in [-0.2, -0.15) is 0 Å². The van der Waals surface area contributed by atoms with E-state index in [1.807, 2.05) is 0 Å². The molecule has 2 atom stereocenters. The molecular weight excluding hydrogens is 238 g/mol. The van der Waals surface area contributed by atoms with Crippen LogP contribution in [-0.2, 0) is 19.4 Å². The van der Waals surface area contributed by atoms with Crippen molar-refractivity contribution < 1.29 is 0 Å². The van der Waals surface area contributed by atoms with E-state index in [2.05, 4.69) is 29.6 Å². The summed E-state index contributed by atoms with van der Waals surface area (Å²) in [5.41, 5.74) is 1.65. The minimum atomic E-state index is 0.778. The molecule has 1 saturated carbocycles. The quantitative estimate of drug-likeness (QED) is 0.854. The normalized spacial score (nSPS) is 27.4. The number of hydrogen-bond acceptors (Lipinski definition) is 2. The lowest BCUT2D eigenvalue weighted by Gasteiger charge is -2.29. The van der Waals surface area contributed by atoms with E-state index in [1.54, 1.807) is 15.3 Å². The van der Waals surface area contributed by atoms with Gasteiger partial charge in [-0.15, -0.1) is 11.3 Å². The van der Waals surface area contributed by atoms with Crippen LogP contribution in [0, 0.1) is 5.92 Å². The van der Waals surface area contributed by atoms with Crippen molar-refractivity contribution in [1.29, 1.82) is 0 Å². The number of fused-ring (bicyclic) bond motifs is 1. The highest BCUT2D eigenvalue weighted by atomic mass is 32.1. The third-order valence-corrected chi connectivity index (χ3v) is 5.96. The van der Waals surface area contributed by atoms with Crippen LogP contribution < -0.4 is 5.32 Å². The number of thiophene rings is 1. The van der Waals surface area contributed by atoms with Crippen molar-refractivity contribution in [2.75, 3.05) is 0 Å². The largest absolute Gasteiger partial charge is 0.309 e. The standard InChI is InChI=1S/C16H25NS/c1-2-12-5-3-7-14(9-12)17-11-15-10-13-6-4-8-16(13)18-15/h10,12,14,17H,2-9,11H2,1H3. The molecule has 1 N–H and O–H groups in total. The lowest BCUT2D eigenvalue weighted by atomic mass is 9.84. The van der Waals surface area contributed by atoms with Crippen LogP contribution in [0.15, 0.2) is 6.07 Å². The molecular formula is C16H25NS. The predicted octanol–water partition coefficient (Wildman–Crippen LogP) is 4.30. The van der Waals surface area contributed by atoms with Gasteiger partial charge in [0.05, 0.1) is 0 Å². The maximum Gasteiger partial charge on any atom is 0.0302 e. The molecule has 100 valence electrons. The number of hydrogen-bond donors (Lipinski definition) is 1. The number of rotatable bonds is 4. The summed E-state index contributed by atoms with van der Waals surface area (Å²) in [5.74, 6) is 0.976. The summed E-state index contributed by atoms with van der Waals surface area (Å²) >= 11 is 2.05. The van der Waals surface area contributed by atoms with E-state index in [9.17, 15) is 0 Å². The van der Waals surface area contributed by atoms with Crippen molar-refractivity contribution in [3.05, 3.63) is 21.4 Å². The van der Waals surface area contributed by atoms with Crippen LogP contribution >= 0.6 is 11.3 Å². The first-order valence-electron chi connectivity index (χ1n) is 7.69. The lowest BCUT2D eigenvalue weighted by Crippen LogP contribution is -2.33. The SMILES string of the molecule is CCC1CCCC(NCc2cc3c(s2)CCC3)C1. The highest BCUT2D eigenvalue weighted by Gasteiger charge is 2.21. The van der Waals surface area contributed by atoms with Gasteiger partial charge in [0, 0.05) is 22.3 Å². The summed E-state index contributed by atoms with van der Waals surface area (Å²) in [6.07, 6.45) is 11.1. The van der Waals surface area contributed by atoms with Crippen molar-refractivity contribution in [3.8, 4) is 0 Å². The van der Waals surface area contributed by atoms with E-state index < -0.39 is 0 Å². The van der Waals surface area contributed by atoms with Gasteiger partial charge in [0.25, 0.3) is 0 Å². The molecule has 2 aliphatic rings. The van der Waals surface area contributed by atoms with Crippen LogP contribution in [0.5, 0.6) is 0 Å². The molecule has 1 heterocycles. The van der Waals surface area contributed by atoms with Crippen molar-refractivity contribution in [1.82, 2.24) is 5.32 Å². The Morgan fingerprint density at radius 3 is 3.06 bits per heavy atom. The van der Waals surface area contributed by atoms with E-state index in [0.29, 0.717) is 0 Å². The van der Waals surface area contributed by atoms with Gasteiger partial charge >= 0.3 is 0 Å². The second-order valence-corrected chi connectivity index (χ2v) is 7.25. The Morgan fingerprint density at radius 1 is 1.28 bits per heavy atom. The van der Waals surface area contributed by atoms with Gasteiger partial charge in [-0.05, 0) is 49.7 Å². The summed E-state index contributed by atoms with van der Waals surface area (Å²) < 4.78 is 0. The molecule has 1 aromatic heterocycles. The van der Waals surface area contributed by atoms with Crippen LogP contribution in [0.4, 0.5) is 0 Å². The Bertz CT molecular complexity index is 374. The molecule has 3 rings (SSSR count). The fourth-order valence-electron chi connectivity index (χ4n) is 3.57. The van der Waals surface area contributed by atoms with Gasteiger partial charge in [0.15, 0.2) is 0 Å². The van der Waals surface area contributed by atoms with Gasteiger partial charge in [0.2, 0.25) is 0 Å². The third kappa shape index (κ3) is 2.80. The van der Waals surface area contributed by atoms with E-state index in [1.165, 1.54) is 51.4 Å². The highest BCUT2D eigenvalue weighted by molar-refractivity contribution is 7.12. The monoisotopic (exact) mass is 263 g/mol. The van der Waals surface area contributed by atoms with E-state index in [0.717, 1.165) is 18.5 Å². The fourth-order valence-corrected chi connectivity index (χ4v) is 4.78. The second-order valence-electron chi connectivity index (χ2n) is 6.03. The Hall–Kier alpha value is -0.340. The topological polar surface area (TPSA) is 12.0 Å². The summed E-state index contributed by atoms with van der Waals surface area (Å²) in [6, 6.07) is 3.24. The minimum Gasteiger partial charge on any atom is -0.309 e. The Labute approximate surface area is 115 Å². The molecule has 1 aromatic rings. The van der Waals surface area contributed by atoms with E-state index >= 15 is 0 Å². The zero-order valence-corrected chi connectivity index (χ0v) is 12.3. The molecule has 0 aromatic carbocycles. The average molecular weight is 263 g/mol. The van der Waals surface area contributed by atoms with Crippen molar-refractivity contribution in [3.63, 3.8) is 0 Å². The van der Waals surface area contributed by atoms with Gasteiger partial charge in [-0.3, -0.25) is 0 Å². The zero-order chi connectivity index (χ0) is 12.4. The molecule has 0 radical (unpaired) electrons. The number of nitrogens with one attached hydrogen (secondary N) is 1. The molecule has 2 aliphatic carbocycles. The summed E-state index contributed by atoms with van der Waals surface area (Å²) in [7, 11) is 0. The van der Waals surface area contributed by atoms with Gasteiger partial charge in [-0.25, -0.2) is 0 Å². The van der Waals surface area contributed by atoms with E-state index in [-0.39, 0.29) is 0 Å². The van der Waals surface area contributed by atoms with Crippen LogP contribution in [0.2, 0.25) is 0 Å². The molecule has 1 fully saturated rings.